The van der Waals surface area contributed by atoms with Gasteiger partial charge in [-0.05, 0) is 25.0 Å². The number of hydrogen-bond donors (Lipinski definition) is 2. The van der Waals surface area contributed by atoms with Crippen LogP contribution >= 0.6 is 0 Å². The summed E-state index contributed by atoms with van der Waals surface area (Å²) < 4.78 is 31.4. The number of esters is 1. The van der Waals surface area contributed by atoms with Crippen molar-refractivity contribution in [3.63, 3.8) is 0 Å². The van der Waals surface area contributed by atoms with E-state index in [1.54, 1.807) is 12.1 Å². The lowest BCUT2D eigenvalue weighted by Gasteiger charge is -2.29. The number of amides is 1. The van der Waals surface area contributed by atoms with E-state index in [0.29, 0.717) is 23.9 Å². The second-order valence-electron chi connectivity index (χ2n) is 6.10. The van der Waals surface area contributed by atoms with Gasteiger partial charge in [0.1, 0.15) is 0 Å². The maximum absolute atomic E-state index is 13.3. The van der Waals surface area contributed by atoms with Crippen LogP contribution in [0.15, 0.2) is 24.5 Å². The molecule has 0 bridgehead atoms. The van der Waals surface area contributed by atoms with E-state index in [9.17, 15) is 23.2 Å². The Morgan fingerprint density at radius 1 is 1.22 bits per heavy atom. The second-order valence-corrected chi connectivity index (χ2v) is 6.10. The highest BCUT2D eigenvalue weighted by Crippen LogP contribution is 2.35. The van der Waals surface area contributed by atoms with Crippen molar-refractivity contribution in [1.29, 1.82) is 0 Å². The molecule has 0 aliphatic heterocycles. The molecule has 0 atom stereocenters. The highest BCUT2D eigenvalue weighted by Gasteiger charge is 2.35. The molecule has 11 heteroatoms. The average Bonchev–Trinajstić information content (AvgIpc) is 3.00. The molecule has 3 N–H and O–H groups in total. The number of carbonyl (C=O) groups excluding carboxylic acids is 3. The molecule has 0 radical (unpaired) electrons. The number of carbonyl (C=O) groups is 3. The number of pyridine rings is 1. The van der Waals surface area contributed by atoms with Gasteiger partial charge in [-0.2, -0.15) is 4.73 Å². The third-order valence-corrected chi connectivity index (χ3v) is 4.17. The summed E-state index contributed by atoms with van der Waals surface area (Å²) >= 11 is 0. The Kier molecular flexibility index (Phi) is 4.93. The van der Waals surface area contributed by atoms with E-state index < -0.39 is 24.0 Å². The van der Waals surface area contributed by atoms with E-state index >= 15 is 0 Å². The summed E-state index contributed by atoms with van der Waals surface area (Å²) in [7, 11) is 0. The van der Waals surface area contributed by atoms with Crippen LogP contribution in [0.2, 0.25) is 0 Å². The van der Waals surface area contributed by atoms with Gasteiger partial charge >= 0.3 is 18.0 Å². The Morgan fingerprint density at radius 3 is 2.59 bits per heavy atom. The van der Waals surface area contributed by atoms with Gasteiger partial charge in [-0.25, -0.2) is 28.1 Å². The van der Waals surface area contributed by atoms with Crippen molar-refractivity contribution in [3.05, 3.63) is 24.5 Å². The molecule has 1 aliphatic carbocycles. The largest absolute Gasteiger partial charge is 0.442 e. The summed E-state index contributed by atoms with van der Waals surface area (Å²) in [6.07, 6.45) is 1.63. The number of primary amides is 1. The number of hydrogen-bond acceptors (Lipinski definition) is 7. The Morgan fingerprint density at radius 2 is 1.93 bits per heavy atom. The van der Waals surface area contributed by atoms with Gasteiger partial charge in [0.15, 0.2) is 5.65 Å². The predicted octanol–water partition coefficient (Wildman–Crippen LogP) is 1.60. The van der Waals surface area contributed by atoms with Gasteiger partial charge in [-0.1, -0.05) is 0 Å². The van der Waals surface area contributed by atoms with Gasteiger partial charge in [-0.3, -0.25) is 0 Å². The fraction of sp³-hybridized carbons (Fsp3) is 0.375. The predicted molar refractivity (Wildman–Crippen MR) is 87.8 cm³/mol. The first-order chi connectivity index (χ1) is 12.7. The van der Waals surface area contributed by atoms with Gasteiger partial charge < -0.3 is 20.6 Å². The van der Waals surface area contributed by atoms with Gasteiger partial charge in [0.25, 0.3) is 0 Å². The molecule has 2 heterocycles. The summed E-state index contributed by atoms with van der Waals surface area (Å²) in [6, 6.07) is 3.13. The smallest absolute Gasteiger partial charge is 0.382 e. The molecule has 1 saturated carbocycles. The Labute approximate surface area is 151 Å². The van der Waals surface area contributed by atoms with E-state index in [1.165, 1.54) is 12.4 Å². The quantitative estimate of drug-likeness (QED) is 0.469. The zero-order chi connectivity index (χ0) is 19.6. The van der Waals surface area contributed by atoms with E-state index in [1.807, 2.05) is 0 Å². The topological polar surface area (TPSA) is 126 Å². The number of nitrogens with zero attached hydrogens (tertiary/aromatic N) is 2. The molecule has 0 aromatic carbocycles. The zero-order valence-electron chi connectivity index (χ0n) is 14.0. The number of halogens is 2. The zero-order valence-corrected chi connectivity index (χ0v) is 14.0. The molecule has 1 amide bonds. The Hall–Kier alpha value is -3.24. The molecule has 144 valence electrons. The van der Waals surface area contributed by atoms with Crippen LogP contribution < -0.4 is 15.9 Å². The first-order valence-corrected chi connectivity index (χ1v) is 8.09. The van der Waals surface area contributed by atoms with E-state index in [2.05, 4.69) is 20.8 Å². The third-order valence-electron chi connectivity index (χ3n) is 4.17. The first-order valence-electron chi connectivity index (χ1n) is 8.09. The normalized spacial score (nSPS) is 16.7. The lowest BCUT2D eigenvalue weighted by Crippen LogP contribution is -2.32. The molecule has 0 unspecified atom stereocenters. The number of nitrogens with two attached hydrogens (primary N) is 1. The second kappa shape index (κ2) is 7.17. The minimum absolute atomic E-state index is 0.119. The van der Waals surface area contributed by atoms with Crippen molar-refractivity contribution in [2.75, 3.05) is 5.32 Å². The van der Waals surface area contributed by atoms with Crippen LogP contribution in [0.5, 0.6) is 0 Å². The van der Waals surface area contributed by atoms with Crippen molar-refractivity contribution in [3.8, 4) is 0 Å². The van der Waals surface area contributed by atoms with E-state index in [4.69, 9.17) is 4.84 Å². The monoisotopic (exact) mass is 382 g/mol. The van der Waals surface area contributed by atoms with Crippen LogP contribution in [0.3, 0.4) is 0 Å². The van der Waals surface area contributed by atoms with Crippen LogP contribution in [-0.4, -0.2) is 39.7 Å². The van der Waals surface area contributed by atoms with Gasteiger partial charge in [0, 0.05) is 42.4 Å². The highest BCUT2D eigenvalue weighted by atomic mass is 19.3. The van der Waals surface area contributed by atoms with Crippen LogP contribution in [0.4, 0.5) is 19.3 Å². The summed E-state index contributed by atoms with van der Waals surface area (Å²) in [4.78, 5) is 42.3. The molecule has 1 fully saturated rings. The summed E-state index contributed by atoms with van der Waals surface area (Å²) in [6.45, 7) is 0. The van der Waals surface area contributed by atoms with E-state index in [-0.39, 0.29) is 24.5 Å². The molecule has 2 aromatic rings. The minimum Gasteiger partial charge on any atom is -0.382 e. The maximum atomic E-state index is 13.3. The van der Waals surface area contributed by atoms with Crippen molar-refractivity contribution in [2.24, 2.45) is 5.73 Å². The highest BCUT2D eigenvalue weighted by molar-refractivity contribution is 6.31. The molecular weight excluding hydrogens is 366 g/mol. The number of fused-ring (bicyclic) bond motifs is 1. The number of rotatable bonds is 3. The summed E-state index contributed by atoms with van der Waals surface area (Å²) in [5, 5.41) is 3.76. The van der Waals surface area contributed by atoms with Crippen molar-refractivity contribution in [2.45, 2.75) is 37.6 Å². The number of ether oxygens (including phenoxy) is 1. The molecule has 9 nitrogen and oxygen atoms in total. The van der Waals surface area contributed by atoms with Crippen molar-refractivity contribution in [1.82, 2.24) is 9.71 Å². The van der Waals surface area contributed by atoms with Gasteiger partial charge in [0.05, 0.1) is 0 Å². The standard InChI is InChI=1S/C16H16F2N4O5/c17-16(18)5-1-9(2-6-16)21-11-3-7-20-12-10(11)4-8-22(12)27-14(24)13(23)26-15(19)25/h3-4,7-9H,1-2,5-6H2,(H2,19,25)(H,20,21). The van der Waals surface area contributed by atoms with Crippen molar-refractivity contribution < 1.29 is 32.7 Å². The van der Waals surface area contributed by atoms with Crippen LogP contribution in [0.25, 0.3) is 11.0 Å². The molecule has 1 aliphatic rings. The summed E-state index contributed by atoms with van der Waals surface area (Å²) in [5.74, 6) is -5.65. The minimum atomic E-state index is -2.62. The fourth-order valence-corrected chi connectivity index (χ4v) is 2.88. The molecule has 3 rings (SSSR count). The molecule has 0 saturated heterocycles. The lowest BCUT2D eigenvalue weighted by atomic mass is 9.92. The number of aromatic nitrogens is 2. The van der Waals surface area contributed by atoms with Crippen LogP contribution in [0, 0.1) is 0 Å². The molecular formula is C16H16F2N4O5. The first kappa shape index (κ1) is 18.5. The maximum Gasteiger partial charge on any atom is 0.442 e. The third kappa shape index (κ3) is 4.30. The fourth-order valence-electron chi connectivity index (χ4n) is 2.88. The Balaban J connectivity index is 1.74. The van der Waals surface area contributed by atoms with Crippen LogP contribution in [-0.2, 0) is 14.3 Å². The number of alkyl halides is 2. The van der Waals surface area contributed by atoms with Crippen molar-refractivity contribution >= 4 is 34.8 Å². The molecule has 2 aromatic heterocycles. The van der Waals surface area contributed by atoms with Gasteiger partial charge in [0.2, 0.25) is 5.92 Å². The summed E-state index contributed by atoms with van der Waals surface area (Å²) in [5.41, 5.74) is 5.50. The molecule has 0 spiro atoms. The SMILES string of the molecule is NC(=O)OC(=O)C(=O)On1ccc2c(NC3CCC(F)(F)CC3)ccnc21. The number of nitrogens with one attached hydrogen (secondary N) is 1. The van der Waals surface area contributed by atoms with Gasteiger partial charge in [-0.15, -0.1) is 0 Å². The number of anilines is 1. The van der Waals surface area contributed by atoms with E-state index in [0.717, 1.165) is 4.73 Å². The van der Waals surface area contributed by atoms with Crippen LogP contribution in [0.1, 0.15) is 25.7 Å². The average molecular weight is 382 g/mol. The lowest BCUT2D eigenvalue weighted by molar-refractivity contribution is -0.163. The molecule has 27 heavy (non-hydrogen) atoms. The Bertz CT molecular complexity index is 888.